The van der Waals surface area contributed by atoms with Crippen molar-refractivity contribution in [1.82, 2.24) is 19.7 Å². The van der Waals surface area contributed by atoms with Crippen molar-refractivity contribution < 1.29 is 4.42 Å². The molecule has 2 N–H and O–H groups in total. The quantitative estimate of drug-likeness (QED) is 0.717. The van der Waals surface area contributed by atoms with Crippen molar-refractivity contribution in [2.24, 2.45) is 5.73 Å². The summed E-state index contributed by atoms with van der Waals surface area (Å²) in [7, 11) is 2.55. The molecule has 0 spiro atoms. The van der Waals surface area contributed by atoms with Crippen molar-refractivity contribution >= 4 is 20.1 Å². The van der Waals surface area contributed by atoms with Crippen LogP contribution in [0.25, 0.3) is 10.9 Å². The van der Waals surface area contributed by atoms with Gasteiger partial charge in [-0.3, -0.25) is 9.36 Å². The van der Waals surface area contributed by atoms with Crippen molar-refractivity contribution in [2.45, 2.75) is 19.0 Å². The van der Waals surface area contributed by atoms with Crippen LogP contribution in [0, 0.1) is 0 Å². The predicted octanol–water partition coefficient (Wildman–Crippen LogP) is 0.877. The summed E-state index contributed by atoms with van der Waals surface area (Å²) >= 11 is 0. The molecular formula is C14H16N5O2P. The lowest BCUT2D eigenvalue weighted by molar-refractivity contribution is 0.358. The van der Waals surface area contributed by atoms with Gasteiger partial charge in [0.25, 0.3) is 5.56 Å². The summed E-state index contributed by atoms with van der Waals surface area (Å²) in [5.41, 5.74) is 5.86. The number of aromatic nitrogens is 4. The van der Waals surface area contributed by atoms with E-state index in [1.54, 1.807) is 25.1 Å². The van der Waals surface area contributed by atoms with E-state index in [1.165, 1.54) is 10.9 Å². The fraction of sp³-hybridized carbons (Fsp3) is 0.286. The zero-order chi connectivity index (χ0) is 15.7. The van der Waals surface area contributed by atoms with Crippen LogP contribution in [-0.4, -0.2) is 25.9 Å². The van der Waals surface area contributed by atoms with Gasteiger partial charge in [-0.15, -0.1) is 19.4 Å². The first-order valence-corrected chi connectivity index (χ1v) is 7.59. The molecule has 0 amide bonds. The molecule has 0 saturated carbocycles. The lowest BCUT2D eigenvalue weighted by Gasteiger charge is -2.16. The van der Waals surface area contributed by atoms with E-state index in [0.29, 0.717) is 28.8 Å². The normalized spacial score (nSPS) is 14.1. The summed E-state index contributed by atoms with van der Waals surface area (Å²) in [6.45, 7) is 1.97. The summed E-state index contributed by atoms with van der Waals surface area (Å²) in [6.07, 6.45) is 2.07. The van der Waals surface area contributed by atoms with Gasteiger partial charge in [-0.25, -0.2) is 4.98 Å². The first kappa shape index (κ1) is 14.8. The van der Waals surface area contributed by atoms with E-state index in [2.05, 4.69) is 24.4 Å². The van der Waals surface area contributed by atoms with Crippen molar-refractivity contribution in [1.29, 1.82) is 0 Å². The molecule has 2 atom stereocenters. The van der Waals surface area contributed by atoms with Crippen molar-refractivity contribution in [3.05, 3.63) is 52.7 Å². The van der Waals surface area contributed by atoms with Gasteiger partial charge < -0.3 is 10.2 Å². The lowest BCUT2D eigenvalue weighted by Crippen LogP contribution is -2.35. The van der Waals surface area contributed by atoms with E-state index in [9.17, 15) is 4.79 Å². The van der Waals surface area contributed by atoms with Crippen LogP contribution in [0.4, 0.5) is 0 Å². The molecule has 3 rings (SSSR count). The second-order valence-corrected chi connectivity index (χ2v) is 5.73. The molecule has 1 aromatic carbocycles. The Balaban J connectivity index is 1.94. The summed E-state index contributed by atoms with van der Waals surface area (Å²) < 4.78 is 7.00. The molecule has 0 radical (unpaired) electrons. The van der Waals surface area contributed by atoms with Gasteiger partial charge in [-0.1, -0.05) is 12.1 Å². The zero-order valence-corrected chi connectivity index (χ0v) is 13.2. The van der Waals surface area contributed by atoms with Crippen LogP contribution >= 0.6 is 9.24 Å². The van der Waals surface area contributed by atoms with Gasteiger partial charge in [0.15, 0.2) is 0 Å². The summed E-state index contributed by atoms with van der Waals surface area (Å²) in [5.74, 6) is 0.670. The van der Waals surface area contributed by atoms with Crippen LogP contribution in [0.2, 0.25) is 0 Å². The number of hydrogen-bond acceptors (Lipinski definition) is 6. The van der Waals surface area contributed by atoms with Gasteiger partial charge >= 0.3 is 0 Å². The van der Waals surface area contributed by atoms with Gasteiger partial charge in [0.1, 0.15) is 6.54 Å². The third kappa shape index (κ3) is 2.65. The SMILES string of the molecule is C[C@@](N)(CP)c1nnc(Cn2cnc3ccccc3c2=O)o1. The standard InChI is InChI=1S/C14H16N5O2P/c1-14(15,7-22)13-18-17-11(21-13)6-19-8-16-10-5-3-2-4-9(10)12(19)20/h2-5,8H,6-7,15,22H2,1H3/t14-/m1/s1. The first-order chi connectivity index (χ1) is 10.5. The number of nitrogens with two attached hydrogens (primary N) is 1. The summed E-state index contributed by atoms with van der Waals surface area (Å²) in [4.78, 5) is 16.7. The number of hydrogen-bond donors (Lipinski definition) is 1. The maximum atomic E-state index is 12.4. The molecule has 3 aromatic rings. The molecule has 7 nitrogen and oxygen atoms in total. The van der Waals surface area contributed by atoms with E-state index in [4.69, 9.17) is 10.2 Å². The molecule has 22 heavy (non-hydrogen) atoms. The highest BCUT2D eigenvalue weighted by Gasteiger charge is 2.26. The second kappa shape index (κ2) is 5.59. The Morgan fingerprint density at radius 2 is 2.14 bits per heavy atom. The zero-order valence-electron chi connectivity index (χ0n) is 12.1. The largest absolute Gasteiger partial charge is 0.421 e. The van der Waals surface area contributed by atoms with Gasteiger partial charge in [0, 0.05) is 0 Å². The number of benzene rings is 1. The van der Waals surface area contributed by atoms with E-state index in [-0.39, 0.29) is 12.1 Å². The monoisotopic (exact) mass is 317 g/mol. The van der Waals surface area contributed by atoms with Crippen LogP contribution in [0.5, 0.6) is 0 Å². The molecular weight excluding hydrogens is 301 g/mol. The Bertz CT molecular complexity index is 871. The molecule has 0 fully saturated rings. The van der Waals surface area contributed by atoms with Crippen LogP contribution in [-0.2, 0) is 12.1 Å². The maximum Gasteiger partial charge on any atom is 0.261 e. The minimum Gasteiger partial charge on any atom is -0.421 e. The van der Waals surface area contributed by atoms with Crippen molar-refractivity contribution in [3.63, 3.8) is 0 Å². The number of nitrogens with zero attached hydrogens (tertiary/aromatic N) is 4. The summed E-state index contributed by atoms with van der Waals surface area (Å²) in [5, 5.41) is 8.46. The minimum atomic E-state index is -0.706. The number of rotatable bonds is 4. The van der Waals surface area contributed by atoms with Gasteiger partial charge in [0.05, 0.1) is 22.8 Å². The third-order valence-corrected chi connectivity index (χ3v) is 4.26. The molecule has 0 aliphatic carbocycles. The molecule has 0 bridgehead atoms. The Morgan fingerprint density at radius 1 is 1.36 bits per heavy atom. The molecule has 114 valence electrons. The van der Waals surface area contributed by atoms with Gasteiger partial charge in [0.2, 0.25) is 11.8 Å². The number of para-hydroxylation sites is 1. The Labute approximate surface area is 128 Å². The van der Waals surface area contributed by atoms with Crippen molar-refractivity contribution in [2.75, 3.05) is 6.16 Å². The highest BCUT2D eigenvalue weighted by molar-refractivity contribution is 7.16. The predicted molar refractivity (Wildman–Crippen MR) is 85.5 cm³/mol. The molecule has 1 unspecified atom stereocenters. The third-order valence-electron chi connectivity index (χ3n) is 3.42. The highest BCUT2D eigenvalue weighted by Crippen LogP contribution is 2.18. The van der Waals surface area contributed by atoms with Crippen LogP contribution in [0.15, 0.2) is 39.8 Å². The Morgan fingerprint density at radius 3 is 2.91 bits per heavy atom. The Kier molecular flexibility index (Phi) is 3.76. The van der Waals surface area contributed by atoms with Crippen LogP contribution in [0.3, 0.4) is 0 Å². The van der Waals surface area contributed by atoms with Gasteiger partial charge in [-0.2, -0.15) is 0 Å². The molecule has 2 aromatic heterocycles. The van der Waals surface area contributed by atoms with Gasteiger partial charge in [-0.05, 0) is 25.2 Å². The Hall–Kier alpha value is -2.11. The second-order valence-electron chi connectivity index (χ2n) is 5.32. The topological polar surface area (TPSA) is 99.8 Å². The lowest BCUT2D eigenvalue weighted by atomic mass is 10.1. The molecule has 0 saturated heterocycles. The fourth-order valence-electron chi connectivity index (χ4n) is 2.00. The van der Waals surface area contributed by atoms with Crippen molar-refractivity contribution in [3.8, 4) is 0 Å². The average molecular weight is 317 g/mol. The fourth-order valence-corrected chi connectivity index (χ4v) is 2.17. The van der Waals surface area contributed by atoms with E-state index in [0.717, 1.165) is 0 Å². The summed E-state index contributed by atoms with van der Waals surface area (Å²) in [6, 6.07) is 7.18. The highest BCUT2D eigenvalue weighted by atomic mass is 31.0. The minimum absolute atomic E-state index is 0.146. The van der Waals surface area contributed by atoms with E-state index >= 15 is 0 Å². The molecule has 0 aliphatic heterocycles. The average Bonchev–Trinajstić information content (AvgIpc) is 3.00. The van der Waals surface area contributed by atoms with E-state index < -0.39 is 5.54 Å². The van der Waals surface area contributed by atoms with Crippen LogP contribution < -0.4 is 11.3 Å². The van der Waals surface area contributed by atoms with E-state index in [1.807, 2.05) is 6.07 Å². The maximum absolute atomic E-state index is 12.4. The van der Waals surface area contributed by atoms with Crippen LogP contribution in [0.1, 0.15) is 18.7 Å². The molecule has 0 aliphatic rings. The smallest absolute Gasteiger partial charge is 0.261 e. The number of fused-ring (bicyclic) bond motifs is 1. The first-order valence-electron chi connectivity index (χ1n) is 6.77. The molecule has 8 heteroatoms. The molecule has 2 heterocycles.